The lowest BCUT2D eigenvalue weighted by Gasteiger charge is -2.32. The van der Waals surface area contributed by atoms with Crippen LogP contribution in [-0.2, 0) is 14.9 Å². The van der Waals surface area contributed by atoms with E-state index in [1.54, 1.807) is 4.90 Å². The van der Waals surface area contributed by atoms with Crippen molar-refractivity contribution in [2.45, 2.75) is 70.3 Å². The Bertz CT molecular complexity index is 832. The Morgan fingerprint density at radius 1 is 1.25 bits per heavy atom. The number of hydrogen-bond donors (Lipinski definition) is 1. The lowest BCUT2D eigenvalue weighted by Crippen LogP contribution is -2.39. The molecule has 3 heterocycles. The molecular weight excluding hydrogens is 354 g/mol. The van der Waals surface area contributed by atoms with Crippen LogP contribution < -0.4 is 5.32 Å². The summed E-state index contributed by atoms with van der Waals surface area (Å²) in [7, 11) is 0. The molecule has 1 aromatic heterocycles. The Morgan fingerprint density at radius 3 is 2.64 bits per heavy atom. The van der Waals surface area contributed by atoms with Crippen molar-refractivity contribution in [2.75, 3.05) is 18.4 Å². The van der Waals surface area contributed by atoms with Crippen molar-refractivity contribution in [1.29, 1.82) is 0 Å². The maximum absolute atomic E-state index is 12.7. The van der Waals surface area contributed by atoms with Gasteiger partial charge in [-0.25, -0.2) is 9.78 Å². The van der Waals surface area contributed by atoms with Crippen LogP contribution in [0.25, 0.3) is 5.57 Å². The van der Waals surface area contributed by atoms with Crippen LogP contribution in [0.2, 0.25) is 0 Å². The summed E-state index contributed by atoms with van der Waals surface area (Å²) < 4.78 is 5.47. The van der Waals surface area contributed by atoms with Gasteiger partial charge in [0.1, 0.15) is 11.4 Å². The fourth-order valence-electron chi connectivity index (χ4n) is 4.53. The molecule has 150 valence electrons. The molecule has 2 aliphatic heterocycles. The summed E-state index contributed by atoms with van der Waals surface area (Å²) in [6.45, 7) is 6.79. The summed E-state index contributed by atoms with van der Waals surface area (Å²) in [4.78, 5) is 31.3. The molecule has 0 unspecified atom stereocenters. The van der Waals surface area contributed by atoms with E-state index in [9.17, 15) is 9.59 Å². The van der Waals surface area contributed by atoms with Crippen molar-refractivity contribution >= 4 is 23.4 Å². The predicted octanol–water partition coefficient (Wildman–Crippen LogP) is 4.26. The van der Waals surface area contributed by atoms with E-state index in [4.69, 9.17) is 4.74 Å². The van der Waals surface area contributed by atoms with Crippen LogP contribution in [0, 0.1) is 0 Å². The maximum Gasteiger partial charge on any atom is 0.410 e. The van der Waals surface area contributed by atoms with Crippen molar-refractivity contribution in [3.63, 3.8) is 0 Å². The second kappa shape index (κ2) is 6.90. The number of fused-ring (bicyclic) bond motifs is 2. The van der Waals surface area contributed by atoms with Gasteiger partial charge in [0.2, 0.25) is 5.91 Å². The van der Waals surface area contributed by atoms with Gasteiger partial charge in [-0.3, -0.25) is 4.79 Å². The van der Waals surface area contributed by atoms with Crippen LogP contribution in [0.5, 0.6) is 0 Å². The van der Waals surface area contributed by atoms with Gasteiger partial charge in [0.15, 0.2) is 0 Å². The summed E-state index contributed by atoms with van der Waals surface area (Å²) in [5.41, 5.74) is 2.42. The van der Waals surface area contributed by atoms with E-state index in [1.165, 1.54) is 12.0 Å². The molecule has 1 aromatic rings. The second-order valence-corrected chi connectivity index (χ2v) is 9.12. The van der Waals surface area contributed by atoms with Crippen LogP contribution in [-0.4, -0.2) is 40.6 Å². The summed E-state index contributed by atoms with van der Waals surface area (Å²) in [5, 5.41) is 2.99. The molecule has 0 atom stereocenters. The highest BCUT2D eigenvalue weighted by Crippen LogP contribution is 2.47. The molecule has 4 rings (SSSR count). The molecule has 2 amide bonds. The topological polar surface area (TPSA) is 71.5 Å². The Balaban J connectivity index is 1.54. The van der Waals surface area contributed by atoms with E-state index in [2.05, 4.69) is 22.4 Å². The first-order chi connectivity index (χ1) is 13.3. The minimum Gasteiger partial charge on any atom is -0.444 e. The van der Waals surface area contributed by atoms with Crippen molar-refractivity contribution in [2.24, 2.45) is 0 Å². The first-order valence-electron chi connectivity index (χ1n) is 10.3. The van der Waals surface area contributed by atoms with Crippen molar-refractivity contribution < 1.29 is 14.3 Å². The second-order valence-electron chi connectivity index (χ2n) is 9.12. The van der Waals surface area contributed by atoms with E-state index in [1.807, 2.05) is 27.0 Å². The number of nitrogens with one attached hydrogen (secondary N) is 1. The zero-order chi connectivity index (χ0) is 19.9. The number of carbonyl (C=O) groups is 2. The van der Waals surface area contributed by atoms with Crippen LogP contribution in [0.15, 0.2) is 18.3 Å². The number of aromatic nitrogens is 1. The number of nitrogens with zero attached hydrogens (tertiary/aromatic N) is 2. The van der Waals surface area contributed by atoms with Gasteiger partial charge in [0.25, 0.3) is 0 Å². The number of ether oxygens (including phenoxy) is 1. The highest BCUT2D eigenvalue weighted by molar-refractivity contribution is 6.05. The molecule has 1 spiro atoms. The molecule has 0 aromatic carbocycles. The molecule has 0 radical (unpaired) electrons. The van der Waals surface area contributed by atoms with Gasteiger partial charge in [0, 0.05) is 24.8 Å². The quantitative estimate of drug-likeness (QED) is 0.786. The highest BCUT2D eigenvalue weighted by Gasteiger charge is 2.48. The van der Waals surface area contributed by atoms with Crippen LogP contribution >= 0.6 is 0 Å². The molecule has 6 nitrogen and oxygen atoms in total. The van der Waals surface area contributed by atoms with Gasteiger partial charge in [-0.05, 0) is 57.2 Å². The van der Waals surface area contributed by atoms with Crippen LogP contribution in [0.4, 0.5) is 10.6 Å². The summed E-state index contributed by atoms with van der Waals surface area (Å²) in [6, 6.07) is 2.15. The van der Waals surface area contributed by atoms with Gasteiger partial charge in [-0.2, -0.15) is 0 Å². The molecule has 0 saturated heterocycles. The zero-order valence-corrected chi connectivity index (χ0v) is 17.0. The number of pyridine rings is 1. The Hall–Kier alpha value is -2.37. The van der Waals surface area contributed by atoms with Gasteiger partial charge < -0.3 is 15.0 Å². The first kappa shape index (κ1) is 19.0. The van der Waals surface area contributed by atoms with Crippen molar-refractivity contribution in [1.82, 2.24) is 9.88 Å². The molecule has 1 N–H and O–H groups in total. The van der Waals surface area contributed by atoms with E-state index in [0.717, 1.165) is 49.0 Å². The number of anilines is 1. The average Bonchev–Trinajstić information content (AvgIpc) is 2.92. The number of amides is 2. The van der Waals surface area contributed by atoms with E-state index >= 15 is 0 Å². The minimum atomic E-state index is -0.487. The molecule has 1 aliphatic carbocycles. The Labute approximate surface area is 166 Å². The third kappa shape index (κ3) is 3.40. The average molecular weight is 383 g/mol. The smallest absolute Gasteiger partial charge is 0.410 e. The standard InChI is InChI=1S/C22H29N3O3/c1-21(2,3)28-20(27)25-11-7-15(8-12-25)16-13-17-18(23-14-16)24-19(26)22(17)9-5-4-6-10-22/h7,13-14H,4-6,8-12H2,1-3H3,(H,23,24,26). The normalized spacial score (nSPS) is 21.2. The van der Waals surface area contributed by atoms with Gasteiger partial charge in [-0.1, -0.05) is 25.3 Å². The number of hydrogen-bond acceptors (Lipinski definition) is 4. The third-order valence-electron chi connectivity index (χ3n) is 6.01. The van der Waals surface area contributed by atoms with E-state index < -0.39 is 11.0 Å². The summed E-state index contributed by atoms with van der Waals surface area (Å²) in [6.07, 6.45) is 9.59. The van der Waals surface area contributed by atoms with Crippen LogP contribution in [0.1, 0.15) is 70.4 Å². The van der Waals surface area contributed by atoms with Crippen LogP contribution in [0.3, 0.4) is 0 Å². The fourth-order valence-corrected chi connectivity index (χ4v) is 4.53. The molecule has 1 fully saturated rings. The van der Waals surface area contributed by atoms with E-state index in [0.29, 0.717) is 13.1 Å². The molecular formula is C22H29N3O3. The van der Waals surface area contributed by atoms with Gasteiger partial charge in [0.05, 0.1) is 5.41 Å². The third-order valence-corrected chi connectivity index (χ3v) is 6.01. The predicted molar refractivity (Wildman–Crippen MR) is 108 cm³/mol. The first-order valence-corrected chi connectivity index (χ1v) is 10.3. The molecule has 3 aliphatic rings. The van der Waals surface area contributed by atoms with Crippen molar-refractivity contribution in [3.05, 3.63) is 29.5 Å². The van der Waals surface area contributed by atoms with E-state index in [-0.39, 0.29) is 12.0 Å². The monoisotopic (exact) mass is 383 g/mol. The summed E-state index contributed by atoms with van der Waals surface area (Å²) >= 11 is 0. The minimum absolute atomic E-state index is 0.112. The molecule has 1 saturated carbocycles. The number of carbonyl (C=O) groups excluding carboxylic acids is 2. The maximum atomic E-state index is 12.7. The van der Waals surface area contributed by atoms with Crippen molar-refractivity contribution in [3.8, 4) is 0 Å². The van der Waals surface area contributed by atoms with Gasteiger partial charge >= 0.3 is 6.09 Å². The number of rotatable bonds is 1. The molecule has 6 heteroatoms. The lowest BCUT2D eigenvalue weighted by atomic mass is 9.70. The Kier molecular flexibility index (Phi) is 4.68. The fraction of sp³-hybridized carbons (Fsp3) is 0.591. The lowest BCUT2D eigenvalue weighted by molar-refractivity contribution is -0.121. The Morgan fingerprint density at radius 2 is 2.00 bits per heavy atom. The largest absolute Gasteiger partial charge is 0.444 e. The SMILES string of the molecule is CC(C)(C)OC(=O)N1CC=C(c2cnc3c(c2)C2(CCCCC2)C(=O)N3)CC1. The highest BCUT2D eigenvalue weighted by atomic mass is 16.6. The summed E-state index contributed by atoms with van der Waals surface area (Å²) in [5.74, 6) is 0.836. The molecule has 0 bridgehead atoms. The zero-order valence-electron chi connectivity index (χ0n) is 17.0. The van der Waals surface area contributed by atoms with Gasteiger partial charge in [-0.15, -0.1) is 0 Å². The molecule has 28 heavy (non-hydrogen) atoms.